The summed E-state index contributed by atoms with van der Waals surface area (Å²) in [5.74, 6) is 0.952. The highest BCUT2D eigenvalue weighted by molar-refractivity contribution is 7.84. The van der Waals surface area contributed by atoms with Crippen LogP contribution < -0.4 is 14.2 Å². The maximum absolute atomic E-state index is 13.2. The summed E-state index contributed by atoms with van der Waals surface area (Å²) in [6.07, 6.45) is 1.97. The van der Waals surface area contributed by atoms with Crippen LogP contribution in [0, 0.1) is 0 Å². The molecule has 0 spiro atoms. The number of rotatable bonds is 7. The van der Waals surface area contributed by atoms with E-state index in [9.17, 15) is 13.2 Å². The Bertz CT molecular complexity index is 953. The Balaban J connectivity index is 1.83. The number of likely N-dealkylation sites (tertiary alicyclic amines) is 1. The summed E-state index contributed by atoms with van der Waals surface area (Å²) in [4.78, 5) is 19.6. The maximum atomic E-state index is 13.2. The molecule has 9 heteroatoms. The van der Waals surface area contributed by atoms with Crippen LogP contribution in [0.2, 0.25) is 0 Å². The minimum Gasteiger partial charge on any atom is -0.369 e. The van der Waals surface area contributed by atoms with Gasteiger partial charge in [-0.1, -0.05) is 27.7 Å². The van der Waals surface area contributed by atoms with Crippen molar-refractivity contribution in [3.63, 3.8) is 0 Å². The zero-order chi connectivity index (χ0) is 24.5. The number of hydrogen-bond donors (Lipinski definition) is 1. The first-order valence-corrected chi connectivity index (χ1v) is 13.6. The minimum absolute atomic E-state index is 0.0318. The average molecular weight is 481 g/mol. The fraction of sp³-hybridized carbons (Fsp3) is 0.708. The number of carbonyl (C=O) groups excluding carboxylic acids is 1. The van der Waals surface area contributed by atoms with Crippen molar-refractivity contribution in [2.75, 3.05) is 37.6 Å². The van der Waals surface area contributed by atoms with Crippen molar-refractivity contribution in [3.05, 3.63) is 23.3 Å². The van der Waals surface area contributed by atoms with Crippen molar-refractivity contribution >= 4 is 21.9 Å². The van der Waals surface area contributed by atoms with E-state index in [4.69, 9.17) is 9.32 Å². The van der Waals surface area contributed by atoms with Crippen molar-refractivity contribution in [1.82, 2.24) is 9.80 Å². The summed E-state index contributed by atoms with van der Waals surface area (Å²) in [7, 11) is -4.16. The van der Waals surface area contributed by atoms with E-state index in [1.807, 2.05) is 17.0 Å². The van der Waals surface area contributed by atoms with Crippen molar-refractivity contribution in [2.24, 2.45) is 5.14 Å². The molecule has 0 unspecified atom stereocenters. The highest BCUT2D eigenvalue weighted by Crippen LogP contribution is 2.38. The SMILES string of the molecule is CC(C)c1cc(OS(N)(=O)=O)c(N2CCN(C(=O)[C@@H]3CCCN3C(C)C)CC2)cc1C(C)C. The van der Waals surface area contributed by atoms with E-state index in [-0.39, 0.29) is 29.5 Å². The van der Waals surface area contributed by atoms with Gasteiger partial charge >= 0.3 is 10.3 Å². The van der Waals surface area contributed by atoms with Gasteiger partial charge in [0.25, 0.3) is 0 Å². The molecular weight excluding hydrogens is 440 g/mol. The number of benzene rings is 1. The molecule has 2 heterocycles. The molecular formula is C24H40N4O4S. The first-order valence-electron chi connectivity index (χ1n) is 12.1. The third kappa shape index (κ3) is 6.00. The van der Waals surface area contributed by atoms with Gasteiger partial charge in [-0.2, -0.15) is 13.6 Å². The van der Waals surface area contributed by atoms with Gasteiger partial charge in [0, 0.05) is 32.2 Å². The van der Waals surface area contributed by atoms with E-state index in [1.165, 1.54) is 5.56 Å². The second-order valence-corrected chi connectivity index (χ2v) is 11.3. The summed E-state index contributed by atoms with van der Waals surface area (Å²) in [5.41, 5.74) is 2.93. The van der Waals surface area contributed by atoms with E-state index in [0.717, 1.165) is 24.9 Å². The lowest BCUT2D eigenvalue weighted by Gasteiger charge is -2.39. The molecule has 0 radical (unpaired) electrons. The van der Waals surface area contributed by atoms with E-state index >= 15 is 0 Å². The van der Waals surface area contributed by atoms with Crippen LogP contribution in [0.4, 0.5) is 5.69 Å². The second-order valence-electron chi connectivity index (χ2n) is 10.1. The lowest BCUT2D eigenvalue weighted by Crippen LogP contribution is -2.54. The summed E-state index contributed by atoms with van der Waals surface area (Å²) in [6, 6.07) is 4.18. The Morgan fingerprint density at radius 3 is 2.06 bits per heavy atom. The summed E-state index contributed by atoms with van der Waals surface area (Å²) in [5, 5.41) is 5.23. The normalized spacial score (nSPS) is 20.4. The van der Waals surface area contributed by atoms with Gasteiger partial charge in [0.15, 0.2) is 5.75 Å². The van der Waals surface area contributed by atoms with Gasteiger partial charge in [-0.15, -0.1) is 0 Å². The number of carbonyl (C=O) groups is 1. The number of amides is 1. The molecule has 33 heavy (non-hydrogen) atoms. The summed E-state index contributed by atoms with van der Waals surface area (Å²) >= 11 is 0. The standard InChI is InChI=1S/C24H40N4O4S/c1-16(2)19-14-22(23(32-33(25,30)31)15-20(19)17(3)4)26-10-12-27(13-11-26)24(29)21-8-7-9-28(21)18(5)6/h14-18,21H,7-13H2,1-6H3,(H2,25,30,31)/t21-/m0/s1. The summed E-state index contributed by atoms with van der Waals surface area (Å²) in [6.45, 7) is 16.1. The van der Waals surface area contributed by atoms with Crippen LogP contribution in [0.15, 0.2) is 12.1 Å². The van der Waals surface area contributed by atoms with E-state index in [0.29, 0.717) is 37.9 Å². The van der Waals surface area contributed by atoms with Crippen molar-refractivity contribution < 1.29 is 17.4 Å². The van der Waals surface area contributed by atoms with Crippen LogP contribution in [0.25, 0.3) is 0 Å². The van der Waals surface area contributed by atoms with E-state index in [2.05, 4.69) is 51.3 Å². The van der Waals surface area contributed by atoms with Crippen molar-refractivity contribution in [1.29, 1.82) is 0 Å². The molecule has 1 amide bonds. The monoisotopic (exact) mass is 480 g/mol. The van der Waals surface area contributed by atoms with Gasteiger partial charge < -0.3 is 14.0 Å². The van der Waals surface area contributed by atoms with Gasteiger partial charge in [-0.25, -0.2) is 0 Å². The van der Waals surface area contributed by atoms with Crippen LogP contribution in [0.3, 0.4) is 0 Å². The average Bonchev–Trinajstić information content (AvgIpc) is 3.22. The number of hydrogen-bond acceptors (Lipinski definition) is 6. The molecule has 1 aromatic rings. The van der Waals surface area contributed by atoms with Gasteiger partial charge in [0.2, 0.25) is 5.91 Å². The first-order chi connectivity index (χ1) is 15.4. The molecule has 1 atom stereocenters. The zero-order valence-corrected chi connectivity index (χ0v) is 21.7. The van der Waals surface area contributed by atoms with Gasteiger partial charge in [0.1, 0.15) is 0 Å². The molecule has 0 bridgehead atoms. The first kappa shape index (κ1) is 25.8. The maximum Gasteiger partial charge on any atom is 0.380 e. The van der Waals surface area contributed by atoms with Crippen LogP contribution in [-0.2, 0) is 15.1 Å². The highest BCUT2D eigenvalue weighted by atomic mass is 32.2. The van der Waals surface area contributed by atoms with Crippen LogP contribution in [0.5, 0.6) is 5.75 Å². The predicted octanol–water partition coefficient (Wildman–Crippen LogP) is 3.04. The van der Waals surface area contributed by atoms with E-state index in [1.54, 1.807) is 0 Å². The fourth-order valence-corrected chi connectivity index (χ4v) is 5.47. The molecule has 2 aliphatic rings. The Labute approximate surface area is 199 Å². The largest absolute Gasteiger partial charge is 0.380 e. The highest BCUT2D eigenvalue weighted by Gasteiger charge is 2.36. The molecule has 0 aliphatic carbocycles. The zero-order valence-electron chi connectivity index (χ0n) is 20.9. The second kappa shape index (κ2) is 10.2. The van der Waals surface area contributed by atoms with Gasteiger partial charge in [0.05, 0.1) is 11.7 Å². The topological polar surface area (TPSA) is 96.2 Å². The number of nitrogens with two attached hydrogens (primary N) is 1. The molecule has 8 nitrogen and oxygen atoms in total. The van der Waals surface area contributed by atoms with Gasteiger partial charge in [-0.05, 0) is 68.3 Å². The van der Waals surface area contributed by atoms with Crippen LogP contribution >= 0.6 is 0 Å². The Morgan fingerprint density at radius 2 is 1.55 bits per heavy atom. The molecule has 2 fully saturated rings. The Kier molecular flexibility index (Phi) is 7.96. The lowest BCUT2D eigenvalue weighted by molar-refractivity contribution is -0.136. The smallest absolute Gasteiger partial charge is 0.369 e. The third-order valence-electron chi connectivity index (χ3n) is 6.79. The molecule has 1 aromatic carbocycles. The summed E-state index contributed by atoms with van der Waals surface area (Å²) < 4.78 is 28.8. The van der Waals surface area contributed by atoms with Gasteiger partial charge in [-0.3, -0.25) is 9.69 Å². The molecule has 0 aromatic heterocycles. The number of nitrogens with zero attached hydrogens (tertiary/aromatic N) is 3. The predicted molar refractivity (Wildman–Crippen MR) is 132 cm³/mol. The molecule has 2 saturated heterocycles. The van der Waals surface area contributed by atoms with Crippen molar-refractivity contribution in [3.8, 4) is 5.75 Å². The number of anilines is 1. The third-order valence-corrected chi connectivity index (χ3v) is 7.20. The molecule has 3 rings (SSSR count). The Morgan fingerprint density at radius 1 is 0.970 bits per heavy atom. The molecule has 2 N–H and O–H groups in total. The number of piperazine rings is 1. The molecule has 186 valence electrons. The van der Waals surface area contributed by atoms with E-state index < -0.39 is 10.3 Å². The Hall–Kier alpha value is -1.84. The van der Waals surface area contributed by atoms with Crippen LogP contribution in [0.1, 0.15) is 77.3 Å². The van der Waals surface area contributed by atoms with Crippen LogP contribution in [-0.4, -0.2) is 68.9 Å². The molecule has 0 saturated carbocycles. The lowest BCUT2D eigenvalue weighted by atomic mass is 9.89. The fourth-order valence-electron chi connectivity index (χ4n) is 5.09. The molecule has 2 aliphatic heterocycles. The van der Waals surface area contributed by atoms with Crippen molar-refractivity contribution in [2.45, 2.75) is 78.3 Å². The minimum atomic E-state index is -4.16. The quantitative estimate of drug-likeness (QED) is 0.644.